The monoisotopic (exact) mass is 513 g/mol. The van der Waals surface area contributed by atoms with Gasteiger partial charge in [-0.2, -0.15) is 0 Å². The third-order valence-corrected chi connectivity index (χ3v) is 6.36. The Morgan fingerprint density at radius 2 is 1.66 bits per heavy atom. The van der Waals surface area contributed by atoms with Crippen molar-refractivity contribution in [2.24, 2.45) is 0 Å². The maximum Gasteiger partial charge on any atom is 0.264 e. The van der Waals surface area contributed by atoms with Gasteiger partial charge < -0.3 is 10.0 Å². The van der Waals surface area contributed by atoms with E-state index in [1.807, 2.05) is 36.4 Å². The number of aliphatic hydroxyl groups is 1. The Kier molecular flexibility index (Phi) is 5.42. The Hall–Kier alpha value is -2.28. The van der Waals surface area contributed by atoms with E-state index in [-0.39, 0.29) is 18.7 Å². The van der Waals surface area contributed by atoms with Gasteiger partial charge in [0.05, 0.1) is 18.7 Å². The lowest BCUT2D eigenvalue weighted by atomic mass is 9.88. The molecule has 0 unspecified atom stereocenters. The van der Waals surface area contributed by atoms with Crippen LogP contribution in [0.1, 0.15) is 27.9 Å². The van der Waals surface area contributed by atoms with E-state index < -0.39 is 11.5 Å². The van der Waals surface area contributed by atoms with Gasteiger partial charge in [0.1, 0.15) is 0 Å². The Morgan fingerprint density at radius 1 is 0.966 bits per heavy atom. The van der Waals surface area contributed by atoms with Crippen molar-refractivity contribution < 1.29 is 14.7 Å². The topological polar surface area (TPSA) is 57.6 Å². The normalized spacial score (nSPS) is 18.0. The summed E-state index contributed by atoms with van der Waals surface area (Å²) in [6.07, 6.45) is -0.314. The summed E-state index contributed by atoms with van der Waals surface area (Å²) < 4.78 is 1.61. The highest BCUT2D eigenvalue weighted by molar-refractivity contribution is 9.10. The molecule has 0 fully saturated rings. The number of benzene rings is 3. The van der Waals surface area contributed by atoms with Crippen molar-refractivity contribution in [3.63, 3.8) is 0 Å². The SMILES string of the molecule is O=C(C[C@@]1(O)C(=O)N(Cc2ccccc2Br)c2ccc(Br)cc21)c1ccccc1. The lowest BCUT2D eigenvalue weighted by Gasteiger charge is -2.23. The minimum absolute atomic E-state index is 0.282. The molecule has 1 aliphatic rings. The van der Waals surface area contributed by atoms with Crippen LogP contribution in [0.15, 0.2) is 81.7 Å². The molecule has 29 heavy (non-hydrogen) atoms. The zero-order valence-corrected chi connectivity index (χ0v) is 18.5. The fourth-order valence-electron chi connectivity index (χ4n) is 3.61. The number of rotatable bonds is 5. The number of carbonyl (C=O) groups excluding carboxylic acids is 2. The Bertz CT molecular complexity index is 1100. The number of anilines is 1. The molecule has 0 bridgehead atoms. The van der Waals surface area contributed by atoms with Gasteiger partial charge in [0, 0.05) is 20.1 Å². The van der Waals surface area contributed by atoms with Crippen molar-refractivity contribution in [3.05, 3.63) is 98.4 Å². The second kappa shape index (κ2) is 7.86. The number of Topliss-reactive ketones (excluding diaryl/α,β-unsaturated/α-hetero) is 1. The van der Waals surface area contributed by atoms with Crippen LogP contribution in [0.2, 0.25) is 0 Å². The molecule has 1 aliphatic heterocycles. The van der Waals surface area contributed by atoms with Gasteiger partial charge in [0.15, 0.2) is 11.4 Å². The molecular formula is C23H17Br2NO3. The van der Waals surface area contributed by atoms with Gasteiger partial charge >= 0.3 is 0 Å². The first-order valence-corrected chi connectivity index (χ1v) is 10.6. The highest BCUT2D eigenvalue weighted by Crippen LogP contribution is 2.45. The zero-order chi connectivity index (χ0) is 20.6. The van der Waals surface area contributed by atoms with Crippen molar-refractivity contribution in [1.29, 1.82) is 0 Å². The van der Waals surface area contributed by atoms with Crippen LogP contribution in [-0.2, 0) is 16.9 Å². The van der Waals surface area contributed by atoms with Gasteiger partial charge in [-0.3, -0.25) is 9.59 Å². The predicted octanol–water partition coefficient (Wildman–Crippen LogP) is 5.22. The molecule has 0 aromatic heterocycles. The van der Waals surface area contributed by atoms with E-state index in [1.54, 1.807) is 41.3 Å². The number of nitrogens with zero attached hydrogens (tertiary/aromatic N) is 1. The van der Waals surface area contributed by atoms with Gasteiger partial charge in [-0.25, -0.2) is 0 Å². The summed E-state index contributed by atoms with van der Waals surface area (Å²) in [6.45, 7) is 0.288. The largest absolute Gasteiger partial charge is 0.375 e. The van der Waals surface area contributed by atoms with Gasteiger partial charge in [0.25, 0.3) is 5.91 Å². The number of hydrogen-bond donors (Lipinski definition) is 1. The summed E-state index contributed by atoms with van der Waals surface area (Å²) >= 11 is 6.93. The summed E-state index contributed by atoms with van der Waals surface area (Å²) in [7, 11) is 0. The van der Waals surface area contributed by atoms with Crippen molar-refractivity contribution >= 4 is 49.2 Å². The molecule has 0 aliphatic carbocycles. The second-order valence-corrected chi connectivity index (χ2v) is 8.74. The Morgan fingerprint density at radius 3 is 2.38 bits per heavy atom. The first-order chi connectivity index (χ1) is 13.9. The van der Waals surface area contributed by atoms with Crippen LogP contribution in [0.4, 0.5) is 5.69 Å². The van der Waals surface area contributed by atoms with Crippen molar-refractivity contribution in [3.8, 4) is 0 Å². The molecule has 146 valence electrons. The van der Waals surface area contributed by atoms with E-state index in [4.69, 9.17) is 0 Å². The van der Waals surface area contributed by atoms with E-state index in [0.29, 0.717) is 16.8 Å². The maximum absolute atomic E-state index is 13.4. The molecule has 1 heterocycles. The number of hydrogen-bond acceptors (Lipinski definition) is 3. The third kappa shape index (κ3) is 3.68. The summed E-state index contributed by atoms with van der Waals surface area (Å²) in [5, 5.41) is 11.4. The maximum atomic E-state index is 13.4. The Balaban J connectivity index is 1.73. The molecule has 0 saturated carbocycles. The highest BCUT2D eigenvalue weighted by atomic mass is 79.9. The molecule has 1 N–H and O–H groups in total. The first-order valence-electron chi connectivity index (χ1n) is 9.06. The first kappa shape index (κ1) is 20.0. The molecule has 4 rings (SSSR count). The molecule has 0 spiro atoms. The van der Waals surface area contributed by atoms with Crippen LogP contribution in [0.5, 0.6) is 0 Å². The van der Waals surface area contributed by atoms with E-state index in [9.17, 15) is 14.7 Å². The molecule has 1 amide bonds. The molecule has 6 heteroatoms. The van der Waals surface area contributed by atoms with Crippen LogP contribution in [0.25, 0.3) is 0 Å². The van der Waals surface area contributed by atoms with Gasteiger partial charge in [-0.05, 0) is 29.8 Å². The fourth-order valence-corrected chi connectivity index (χ4v) is 4.38. The average molecular weight is 515 g/mol. The molecule has 4 nitrogen and oxygen atoms in total. The Labute approximate surface area is 185 Å². The average Bonchev–Trinajstić information content (AvgIpc) is 2.92. The minimum Gasteiger partial charge on any atom is -0.375 e. The number of halogens is 2. The quantitative estimate of drug-likeness (QED) is 0.475. The number of ketones is 1. The van der Waals surface area contributed by atoms with Crippen LogP contribution in [-0.4, -0.2) is 16.8 Å². The van der Waals surface area contributed by atoms with Crippen molar-refractivity contribution in [1.82, 2.24) is 0 Å². The van der Waals surface area contributed by atoms with Crippen molar-refractivity contribution in [2.75, 3.05) is 4.90 Å². The smallest absolute Gasteiger partial charge is 0.264 e. The van der Waals surface area contributed by atoms with E-state index in [2.05, 4.69) is 31.9 Å². The summed E-state index contributed by atoms with van der Waals surface area (Å²) in [6, 6.07) is 21.7. The number of carbonyl (C=O) groups is 2. The van der Waals surface area contributed by atoms with Gasteiger partial charge in [0.2, 0.25) is 0 Å². The summed E-state index contributed by atoms with van der Waals surface area (Å²) in [4.78, 5) is 27.7. The van der Waals surface area contributed by atoms with Gasteiger partial charge in [-0.1, -0.05) is 80.4 Å². The number of fused-ring (bicyclic) bond motifs is 1. The third-order valence-electron chi connectivity index (χ3n) is 5.09. The lowest BCUT2D eigenvalue weighted by Crippen LogP contribution is -2.41. The molecule has 3 aromatic rings. The van der Waals surface area contributed by atoms with E-state index in [0.717, 1.165) is 14.5 Å². The van der Waals surface area contributed by atoms with Crippen LogP contribution in [0.3, 0.4) is 0 Å². The second-order valence-electron chi connectivity index (χ2n) is 6.97. The summed E-state index contributed by atoms with van der Waals surface area (Å²) in [5.74, 6) is -0.777. The van der Waals surface area contributed by atoms with Crippen LogP contribution in [0, 0.1) is 0 Å². The van der Waals surface area contributed by atoms with E-state index >= 15 is 0 Å². The van der Waals surface area contributed by atoms with Gasteiger partial charge in [-0.15, -0.1) is 0 Å². The summed E-state index contributed by atoms with van der Waals surface area (Å²) in [5.41, 5.74) is 0.515. The molecule has 1 atom stereocenters. The highest BCUT2D eigenvalue weighted by Gasteiger charge is 2.51. The zero-order valence-electron chi connectivity index (χ0n) is 15.3. The molecule has 0 radical (unpaired) electrons. The van der Waals surface area contributed by atoms with E-state index in [1.165, 1.54) is 0 Å². The van der Waals surface area contributed by atoms with Crippen molar-refractivity contribution in [2.45, 2.75) is 18.6 Å². The minimum atomic E-state index is -1.91. The fraction of sp³-hybridized carbons (Fsp3) is 0.130. The van der Waals surface area contributed by atoms with Crippen LogP contribution >= 0.6 is 31.9 Å². The lowest BCUT2D eigenvalue weighted by molar-refractivity contribution is -0.136. The van der Waals surface area contributed by atoms with Crippen LogP contribution < -0.4 is 4.90 Å². The molecular weight excluding hydrogens is 498 g/mol. The predicted molar refractivity (Wildman–Crippen MR) is 119 cm³/mol. The number of amides is 1. The molecule has 3 aromatic carbocycles. The standard InChI is InChI=1S/C23H17Br2NO3/c24-17-10-11-20-18(12-17)23(29,13-21(27)15-6-2-1-3-7-15)22(28)26(20)14-16-8-4-5-9-19(16)25/h1-12,29H,13-14H2/t23-/m0/s1. The molecule has 0 saturated heterocycles.